The van der Waals surface area contributed by atoms with Gasteiger partial charge in [-0.3, -0.25) is 0 Å². The van der Waals surface area contributed by atoms with Crippen molar-refractivity contribution in [3.05, 3.63) is 77.9 Å². The summed E-state index contributed by atoms with van der Waals surface area (Å²) in [6, 6.07) is 14.5. The molecule has 0 radical (unpaired) electrons. The van der Waals surface area contributed by atoms with Crippen LogP contribution in [-0.4, -0.2) is 23.8 Å². The van der Waals surface area contributed by atoms with Gasteiger partial charge in [-0.2, -0.15) is 0 Å². The lowest BCUT2D eigenvalue weighted by molar-refractivity contribution is 0.393. The average molecular weight is 337 g/mol. The summed E-state index contributed by atoms with van der Waals surface area (Å²) in [7, 11) is 3.33. The van der Waals surface area contributed by atoms with Gasteiger partial charge in [0.2, 0.25) is 0 Å². The first kappa shape index (κ1) is 17.0. The Hall–Kier alpha value is -2.79. The molecule has 0 fully saturated rings. The van der Waals surface area contributed by atoms with Crippen LogP contribution in [0, 0.1) is 0 Å². The number of imidazole rings is 1. The van der Waals surface area contributed by atoms with E-state index in [0.717, 1.165) is 36.7 Å². The van der Waals surface area contributed by atoms with Gasteiger partial charge in [0.15, 0.2) is 0 Å². The summed E-state index contributed by atoms with van der Waals surface area (Å²) in [5, 5.41) is 3.46. The van der Waals surface area contributed by atoms with Crippen LogP contribution < -0.4 is 14.8 Å². The molecule has 0 unspecified atom stereocenters. The minimum atomic E-state index is 0.754. The number of benzene rings is 2. The van der Waals surface area contributed by atoms with Crippen molar-refractivity contribution in [3.8, 4) is 11.5 Å². The third-order valence-electron chi connectivity index (χ3n) is 4.02. The third-order valence-corrected chi connectivity index (χ3v) is 4.02. The maximum Gasteiger partial charge on any atom is 0.122 e. The van der Waals surface area contributed by atoms with Crippen molar-refractivity contribution in [2.75, 3.05) is 14.2 Å². The zero-order valence-electron chi connectivity index (χ0n) is 14.6. The van der Waals surface area contributed by atoms with Crippen LogP contribution in [0.1, 0.15) is 16.7 Å². The van der Waals surface area contributed by atoms with Gasteiger partial charge in [-0.25, -0.2) is 4.98 Å². The second-order valence-corrected chi connectivity index (χ2v) is 5.88. The van der Waals surface area contributed by atoms with E-state index in [0.29, 0.717) is 0 Å². The lowest BCUT2D eigenvalue weighted by atomic mass is 10.1. The number of nitrogens with one attached hydrogen (secondary N) is 1. The Morgan fingerprint density at radius 2 is 1.52 bits per heavy atom. The lowest BCUT2D eigenvalue weighted by Gasteiger charge is -2.10. The minimum Gasteiger partial charge on any atom is -0.497 e. The molecule has 130 valence electrons. The highest BCUT2D eigenvalue weighted by molar-refractivity contribution is 5.38. The quantitative estimate of drug-likeness (QED) is 0.685. The molecule has 1 heterocycles. The van der Waals surface area contributed by atoms with Crippen LogP contribution in [0.25, 0.3) is 0 Å². The molecule has 0 aliphatic carbocycles. The Labute approximate surface area is 148 Å². The van der Waals surface area contributed by atoms with Gasteiger partial charge in [0, 0.05) is 38.1 Å². The van der Waals surface area contributed by atoms with Crippen molar-refractivity contribution in [1.29, 1.82) is 0 Å². The summed E-state index contributed by atoms with van der Waals surface area (Å²) in [6.07, 6.45) is 5.60. The standard InChI is InChI=1S/C20H23N3O2/c1-24-19-9-18(10-20(11-19)25-2)13-22-12-16-3-5-17(6-4-16)14-23-8-7-21-15-23/h3-11,15,22H,12-14H2,1-2H3. The van der Waals surface area contributed by atoms with E-state index in [1.165, 1.54) is 11.1 Å². The number of hydrogen-bond acceptors (Lipinski definition) is 4. The minimum absolute atomic E-state index is 0.754. The van der Waals surface area contributed by atoms with Crippen LogP contribution in [0.2, 0.25) is 0 Å². The molecule has 0 saturated carbocycles. The van der Waals surface area contributed by atoms with Gasteiger partial charge in [-0.05, 0) is 28.8 Å². The van der Waals surface area contributed by atoms with E-state index in [2.05, 4.69) is 39.1 Å². The predicted molar refractivity (Wildman–Crippen MR) is 97.9 cm³/mol. The SMILES string of the molecule is COc1cc(CNCc2ccc(Cn3ccnc3)cc2)cc(OC)c1. The number of hydrogen-bond donors (Lipinski definition) is 1. The van der Waals surface area contributed by atoms with Crippen LogP contribution in [0.4, 0.5) is 0 Å². The molecule has 0 bridgehead atoms. The van der Waals surface area contributed by atoms with Crippen LogP contribution in [0.5, 0.6) is 11.5 Å². The molecule has 3 aromatic rings. The maximum atomic E-state index is 5.30. The lowest BCUT2D eigenvalue weighted by Crippen LogP contribution is -2.13. The van der Waals surface area contributed by atoms with Gasteiger partial charge in [0.1, 0.15) is 11.5 Å². The number of rotatable bonds is 8. The molecule has 0 aliphatic rings. The predicted octanol–water partition coefficient (Wildman–Crippen LogP) is 3.24. The van der Waals surface area contributed by atoms with Gasteiger partial charge in [0.25, 0.3) is 0 Å². The summed E-state index contributed by atoms with van der Waals surface area (Å²) >= 11 is 0. The zero-order chi connectivity index (χ0) is 17.5. The Bertz CT molecular complexity index is 761. The van der Waals surface area contributed by atoms with Crippen molar-refractivity contribution in [1.82, 2.24) is 14.9 Å². The van der Waals surface area contributed by atoms with Crippen molar-refractivity contribution in [2.45, 2.75) is 19.6 Å². The van der Waals surface area contributed by atoms with Gasteiger partial charge in [-0.15, -0.1) is 0 Å². The van der Waals surface area contributed by atoms with Crippen LogP contribution in [0.3, 0.4) is 0 Å². The summed E-state index contributed by atoms with van der Waals surface area (Å²) in [6.45, 7) is 2.41. The van der Waals surface area contributed by atoms with Gasteiger partial charge in [0.05, 0.1) is 20.5 Å². The second kappa shape index (κ2) is 8.35. The molecule has 1 aromatic heterocycles. The molecule has 0 aliphatic heterocycles. The molecular formula is C20H23N3O2. The van der Waals surface area contributed by atoms with Crippen molar-refractivity contribution in [2.24, 2.45) is 0 Å². The van der Waals surface area contributed by atoms with E-state index in [4.69, 9.17) is 9.47 Å². The van der Waals surface area contributed by atoms with Gasteiger partial charge < -0.3 is 19.4 Å². The third kappa shape index (κ3) is 4.84. The molecule has 1 N–H and O–H groups in total. The van der Waals surface area contributed by atoms with Gasteiger partial charge in [-0.1, -0.05) is 24.3 Å². The molecule has 0 amide bonds. The molecule has 2 aromatic carbocycles. The first-order valence-electron chi connectivity index (χ1n) is 8.23. The van der Waals surface area contributed by atoms with Crippen molar-refractivity contribution in [3.63, 3.8) is 0 Å². The fourth-order valence-corrected chi connectivity index (χ4v) is 2.67. The first-order valence-corrected chi connectivity index (χ1v) is 8.23. The molecular weight excluding hydrogens is 314 g/mol. The molecule has 0 atom stereocenters. The first-order chi connectivity index (χ1) is 12.3. The normalized spacial score (nSPS) is 10.6. The van der Waals surface area contributed by atoms with E-state index in [1.807, 2.05) is 30.7 Å². The maximum absolute atomic E-state index is 5.30. The Morgan fingerprint density at radius 1 is 0.880 bits per heavy atom. The molecule has 0 spiro atoms. The fourth-order valence-electron chi connectivity index (χ4n) is 2.67. The number of ether oxygens (including phenoxy) is 2. The van der Waals surface area contributed by atoms with E-state index in [1.54, 1.807) is 20.4 Å². The highest BCUT2D eigenvalue weighted by Crippen LogP contribution is 2.22. The average Bonchev–Trinajstić information content (AvgIpc) is 3.16. The fraction of sp³-hybridized carbons (Fsp3) is 0.250. The second-order valence-electron chi connectivity index (χ2n) is 5.88. The van der Waals surface area contributed by atoms with Crippen LogP contribution in [0.15, 0.2) is 61.2 Å². The summed E-state index contributed by atoms with van der Waals surface area (Å²) < 4.78 is 12.7. The van der Waals surface area contributed by atoms with Crippen molar-refractivity contribution >= 4 is 0 Å². The number of nitrogens with zero attached hydrogens (tertiary/aromatic N) is 2. The van der Waals surface area contributed by atoms with Crippen molar-refractivity contribution < 1.29 is 9.47 Å². The summed E-state index contributed by atoms with van der Waals surface area (Å²) in [5.41, 5.74) is 3.65. The Morgan fingerprint density at radius 3 is 2.12 bits per heavy atom. The largest absolute Gasteiger partial charge is 0.497 e. The Kier molecular flexibility index (Phi) is 5.69. The van der Waals surface area contributed by atoms with Gasteiger partial charge >= 0.3 is 0 Å². The molecule has 5 nitrogen and oxygen atoms in total. The number of aromatic nitrogens is 2. The summed E-state index contributed by atoms with van der Waals surface area (Å²) in [5.74, 6) is 1.61. The van der Waals surface area contributed by atoms with E-state index in [9.17, 15) is 0 Å². The van der Waals surface area contributed by atoms with E-state index >= 15 is 0 Å². The molecule has 5 heteroatoms. The Balaban J connectivity index is 1.53. The smallest absolute Gasteiger partial charge is 0.122 e. The highest BCUT2D eigenvalue weighted by atomic mass is 16.5. The van der Waals surface area contributed by atoms with E-state index in [-0.39, 0.29) is 0 Å². The van der Waals surface area contributed by atoms with E-state index < -0.39 is 0 Å². The van der Waals surface area contributed by atoms with Crippen LogP contribution in [-0.2, 0) is 19.6 Å². The highest BCUT2D eigenvalue weighted by Gasteiger charge is 2.02. The monoisotopic (exact) mass is 337 g/mol. The molecule has 25 heavy (non-hydrogen) atoms. The molecule has 3 rings (SSSR count). The summed E-state index contributed by atoms with van der Waals surface area (Å²) in [4.78, 5) is 4.06. The zero-order valence-corrected chi connectivity index (χ0v) is 14.6. The topological polar surface area (TPSA) is 48.3 Å². The molecule has 0 saturated heterocycles. The van der Waals surface area contributed by atoms with Crippen LogP contribution >= 0.6 is 0 Å². The number of methoxy groups -OCH3 is 2.